The van der Waals surface area contributed by atoms with Gasteiger partial charge < -0.3 is 21.1 Å². The maximum absolute atomic E-state index is 11.6. The molecule has 7 heteroatoms. The van der Waals surface area contributed by atoms with Crippen LogP contribution in [0.5, 0.6) is 0 Å². The summed E-state index contributed by atoms with van der Waals surface area (Å²) in [5.41, 5.74) is -0.608. The first-order valence-electron chi connectivity index (χ1n) is 5.96. The Morgan fingerprint density at radius 3 is 2.39 bits per heavy atom. The third-order valence-electron chi connectivity index (χ3n) is 3.10. The first-order valence-corrected chi connectivity index (χ1v) is 5.96. The summed E-state index contributed by atoms with van der Waals surface area (Å²) in [5.74, 6) is -1.07. The smallest absolute Gasteiger partial charge is 0.315 e. The first-order chi connectivity index (χ1) is 8.47. The fourth-order valence-electron chi connectivity index (χ4n) is 1.94. The monoisotopic (exact) mass is 257 g/mol. The van der Waals surface area contributed by atoms with Gasteiger partial charge >= 0.3 is 12.0 Å². The number of rotatable bonds is 6. The second kappa shape index (κ2) is 6.23. The Morgan fingerprint density at radius 2 is 1.94 bits per heavy atom. The van der Waals surface area contributed by atoms with Gasteiger partial charge in [-0.15, -0.1) is 0 Å². The lowest BCUT2D eigenvalue weighted by molar-refractivity contribution is -0.139. The molecular formula is C11H19N3O4. The molecule has 0 aliphatic heterocycles. The van der Waals surface area contributed by atoms with Crippen molar-refractivity contribution in [3.63, 3.8) is 0 Å². The normalized spacial score (nSPS) is 16.3. The van der Waals surface area contributed by atoms with Gasteiger partial charge in [-0.2, -0.15) is 0 Å². The zero-order valence-electron chi connectivity index (χ0n) is 10.4. The van der Waals surface area contributed by atoms with Gasteiger partial charge in [0.15, 0.2) is 0 Å². The fourth-order valence-corrected chi connectivity index (χ4v) is 1.94. The Balaban J connectivity index is 2.30. The van der Waals surface area contributed by atoms with Gasteiger partial charge in [0.1, 0.15) is 0 Å². The van der Waals surface area contributed by atoms with Crippen molar-refractivity contribution >= 4 is 17.9 Å². The van der Waals surface area contributed by atoms with Gasteiger partial charge in [0.05, 0.1) is 12.0 Å². The van der Waals surface area contributed by atoms with E-state index < -0.39 is 17.5 Å². The van der Waals surface area contributed by atoms with E-state index in [0.29, 0.717) is 12.8 Å². The third-order valence-corrected chi connectivity index (χ3v) is 3.10. The van der Waals surface area contributed by atoms with Crippen molar-refractivity contribution in [1.82, 2.24) is 16.0 Å². The molecule has 0 aromatic heterocycles. The number of nitrogens with one attached hydrogen (secondary N) is 3. The highest BCUT2D eigenvalue weighted by Gasteiger charge is 2.40. The van der Waals surface area contributed by atoms with Gasteiger partial charge in [0, 0.05) is 20.0 Å². The first kappa shape index (κ1) is 14.3. The lowest BCUT2D eigenvalue weighted by atomic mass is 9.74. The molecule has 7 nitrogen and oxygen atoms in total. The van der Waals surface area contributed by atoms with Gasteiger partial charge in [-0.1, -0.05) is 0 Å². The van der Waals surface area contributed by atoms with E-state index in [1.54, 1.807) is 0 Å². The summed E-state index contributed by atoms with van der Waals surface area (Å²) < 4.78 is 0. The topological polar surface area (TPSA) is 108 Å². The molecular weight excluding hydrogens is 238 g/mol. The second-order valence-corrected chi connectivity index (χ2v) is 4.51. The molecule has 0 spiro atoms. The van der Waals surface area contributed by atoms with Crippen LogP contribution in [0.1, 0.15) is 32.1 Å². The molecule has 0 saturated heterocycles. The Labute approximate surface area is 105 Å². The molecule has 0 unspecified atom stereocenters. The summed E-state index contributed by atoms with van der Waals surface area (Å²) in [7, 11) is 1.53. The highest BCUT2D eigenvalue weighted by molar-refractivity contribution is 5.79. The highest BCUT2D eigenvalue weighted by Crippen LogP contribution is 2.34. The van der Waals surface area contributed by atoms with Crippen molar-refractivity contribution in [1.29, 1.82) is 0 Å². The number of carboxylic acid groups (broad SMARTS) is 1. The van der Waals surface area contributed by atoms with E-state index in [1.165, 1.54) is 7.05 Å². The van der Waals surface area contributed by atoms with Gasteiger partial charge in [0.25, 0.3) is 0 Å². The zero-order chi connectivity index (χ0) is 13.6. The van der Waals surface area contributed by atoms with Crippen LogP contribution in [-0.2, 0) is 9.59 Å². The maximum Gasteiger partial charge on any atom is 0.315 e. The molecule has 0 aromatic rings. The number of carboxylic acids is 1. The second-order valence-electron chi connectivity index (χ2n) is 4.51. The molecule has 0 bridgehead atoms. The standard InChI is InChI=1S/C11H19N3O4/c1-12-8(15)3-6-13-10(18)14-11(4-2-5-11)7-9(16)17/h2-7H2,1H3,(H,12,15)(H,16,17)(H2,13,14,18). The molecule has 102 valence electrons. The highest BCUT2D eigenvalue weighted by atomic mass is 16.4. The van der Waals surface area contributed by atoms with Crippen molar-refractivity contribution in [2.75, 3.05) is 13.6 Å². The van der Waals surface area contributed by atoms with Crippen LogP contribution in [0.2, 0.25) is 0 Å². The van der Waals surface area contributed by atoms with Gasteiger partial charge in [-0.05, 0) is 19.3 Å². The predicted molar refractivity (Wildman–Crippen MR) is 64.1 cm³/mol. The van der Waals surface area contributed by atoms with Crippen LogP contribution in [-0.4, -0.2) is 42.1 Å². The lowest BCUT2D eigenvalue weighted by Crippen LogP contribution is -2.57. The van der Waals surface area contributed by atoms with E-state index in [4.69, 9.17) is 5.11 Å². The number of hydrogen-bond acceptors (Lipinski definition) is 3. The minimum absolute atomic E-state index is 0.0597. The molecule has 18 heavy (non-hydrogen) atoms. The van der Waals surface area contributed by atoms with Crippen molar-refractivity contribution < 1.29 is 19.5 Å². The van der Waals surface area contributed by atoms with E-state index in [0.717, 1.165) is 6.42 Å². The molecule has 1 saturated carbocycles. The Morgan fingerprint density at radius 1 is 1.28 bits per heavy atom. The van der Waals surface area contributed by atoms with Crippen LogP contribution in [0.3, 0.4) is 0 Å². The van der Waals surface area contributed by atoms with Gasteiger partial charge in [-0.25, -0.2) is 4.79 Å². The SMILES string of the molecule is CNC(=O)CCNC(=O)NC1(CC(=O)O)CCC1. The minimum atomic E-state index is -0.916. The van der Waals surface area contributed by atoms with Crippen LogP contribution in [0.4, 0.5) is 4.79 Å². The number of amides is 3. The van der Waals surface area contributed by atoms with Crippen molar-refractivity contribution in [2.24, 2.45) is 0 Å². The molecule has 1 fully saturated rings. The average Bonchev–Trinajstić information content (AvgIpc) is 2.25. The zero-order valence-corrected chi connectivity index (χ0v) is 10.4. The fraction of sp³-hybridized carbons (Fsp3) is 0.727. The van der Waals surface area contributed by atoms with Gasteiger partial charge in [0.2, 0.25) is 5.91 Å². The summed E-state index contributed by atoms with van der Waals surface area (Å²) in [4.78, 5) is 33.2. The largest absolute Gasteiger partial charge is 0.481 e. The van der Waals surface area contributed by atoms with Crippen LogP contribution in [0, 0.1) is 0 Å². The molecule has 0 aromatic carbocycles. The molecule has 3 amide bonds. The molecule has 0 radical (unpaired) electrons. The minimum Gasteiger partial charge on any atom is -0.481 e. The molecule has 0 atom stereocenters. The maximum atomic E-state index is 11.6. The average molecular weight is 257 g/mol. The summed E-state index contributed by atoms with van der Waals surface area (Å²) >= 11 is 0. The molecule has 1 aliphatic carbocycles. The number of urea groups is 1. The number of hydrogen-bond donors (Lipinski definition) is 4. The van der Waals surface area contributed by atoms with Crippen molar-refractivity contribution in [3.05, 3.63) is 0 Å². The van der Waals surface area contributed by atoms with Crippen molar-refractivity contribution in [2.45, 2.75) is 37.6 Å². The quantitative estimate of drug-likeness (QED) is 0.529. The van der Waals surface area contributed by atoms with E-state index >= 15 is 0 Å². The molecule has 1 aliphatic rings. The Bertz CT molecular complexity index is 339. The van der Waals surface area contributed by atoms with Crippen LogP contribution >= 0.6 is 0 Å². The number of carbonyl (C=O) groups is 3. The predicted octanol–water partition coefficient (Wildman–Crippen LogP) is -0.181. The van der Waals surface area contributed by atoms with E-state index in [9.17, 15) is 14.4 Å². The third kappa shape index (κ3) is 4.23. The number of carbonyl (C=O) groups excluding carboxylic acids is 2. The lowest BCUT2D eigenvalue weighted by Gasteiger charge is -2.41. The van der Waals surface area contributed by atoms with E-state index in [-0.39, 0.29) is 25.3 Å². The molecule has 4 N–H and O–H groups in total. The summed E-state index contributed by atoms with van der Waals surface area (Å²) in [6.07, 6.45) is 2.43. The number of aliphatic carboxylic acids is 1. The Hall–Kier alpha value is -1.79. The summed E-state index contributed by atoms with van der Waals surface area (Å²) in [5, 5.41) is 16.5. The van der Waals surface area contributed by atoms with Gasteiger partial charge in [-0.3, -0.25) is 9.59 Å². The Kier molecular flexibility index (Phi) is 4.94. The van der Waals surface area contributed by atoms with Crippen molar-refractivity contribution in [3.8, 4) is 0 Å². The molecule has 0 heterocycles. The van der Waals surface area contributed by atoms with Crippen LogP contribution in [0.25, 0.3) is 0 Å². The summed E-state index contributed by atoms with van der Waals surface area (Å²) in [6.45, 7) is 0.231. The van der Waals surface area contributed by atoms with E-state index in [1.807, 2.05) is 0 Å². The van der Waals surface area contributed by atoms with E-state index in [2.05, 4.69) is 16.0 Å². The molecule has 1 rings (SSSR count). The summed E-state index contributed by atoms with van der Waals surface area (Å²) in [6, 6.07) is -0.417. The van der Waals surface area contributed by atoms with Crippen LogP contribution < -0.4 is 16.0 Å². The van der Waals surface area contributed by atoms with Crippen LogP contribution in [0.15, 0.2) is 0 Å².